The Kier molecular flexibility index (Phi) is 4.78. The van der Waals surface area contributed by atoms with Gasteiger partial charge in [0, 0.05) is 12.1 Å². The molecular formula is C16H30N2O. The minimum atomic E-state index is -0.0661. The summed E-state index contributed by atoms with van der Waals surface area (Å²) in [7, 11) is 0. The maximum absolute atomic E-state index is 10.3. The number of aliphatic hydroxyl groups is 1. The minimum Gasteiger partial charge on any atom is -0.391 e. The van der Waals surface area contributed by atoms with Crippen molar-refractivity contribution in [2.24, 2.45) is 5.92 Å². The van der Waals surface area contributed by atoms with Crippen molar-refractivity contribution in [2.45, 2.75) is 76.0 Å². The number of hydrogen-bond acceptors (Lipinski definition) is 3. The van der Waals surface area contributed by atoms with Gasteiger partial charge in [0.25, 0.3) is 0 Å². The molecule has 0 aromatic rings. The van der Waals surface area contributed by atoms with Crippen LogP contribution in [0.3, 0.4) is 0 Å². The van der Waals surface area contributed by atoms with Crippen molar-refractivity contribution in [2.75, 3.05) is 19.6 Å². The van der Waals surface area contributed by atoms with E-state index >= 15 is 0 Å². The fourth-order valence-electron chi connectivity index (χ4n) is 3.80. The molecule has 2 N–H and O–H groups in total. The molecule has 3 nitrogen and oxygen atoms in total. The second kappa shape index (κ2) is 6.55. The van der Waals surface area contributed by atoms with Crippen LogP contribution in [0.15, 0.2) is 0 Å². The number of rotatable bonds is 4. The van der Waals surface area contributed by atoms with Gasteiger partial charge in [-0.2, -0.15) is 0 Å². The fourth-order valence-corrected chi connectivity index (χ4v) is 3.80. The number of nitrogens with one attached hydrogen (secondary N) is 1. The van der Waals surface area contributed by atoms with Gasteiger partial charge >= 0.3 is 0 Å². The highest BCUT2D eigenvalue weighted by atomic mass is 16.3. The summed E-state index contributed by atoms with van der Waals surface area (Å²) in [6, 6.07) is 1.31. The number of hydrogen-bond donors (Lipinski definition) is 2. The van der Waals surface area contributed by atoms with Gasteiger partial charge in [-0.15, -0.1) is 0 Å². The van der Waals surface area contributed by atoms with E-state index in [0.717, 1.165) is 18.4 Å². The Morgan fingerprint density at radius 1 is 0.895 bits per heavy atom. The summed E-state index contributed by atoms with van der Waals surface area (Å²) in [6.45, 7) is 3.64. The van der Waals surface area contributed by atoms with Gasteiger partial charge in [-0.05, 0) is 64.1 Å². The monoisotopic (exact) mass is 266 g/mol. The molecule has 3 aliphatic rings. The lowest BCUT2D eigenvalue weighted by Crippen LogP contribution is -2.48. The van der Waals surface area contributed by atoms with Gasteiger partial charge in [0.1, 0.15) is 0 Å². The van der Waals surface area contributed by atoms with Crippen LogP contribution in [0.2, 0.25) is 0 Å². The number of piperidine rings is 1. The third kappa shape index (κ3) is 3.93. The van der Waals surface area contributed by atoms with Gasteiger partial charge in [-0.25, -0.2) is 0 Å². The molecule has 1 heterocycles. The van der Waals surface area contributed by atoms with Gasteiger partial charge in [0.15, 0.2) is 0 Å². The largest absolute Gasteiger partial charge is 0.391 e. The molecule has 2 atom stereocenters. The number of aliphatic hydroxyl groups excluding tert-OH is 1. The topological polar surface area (TPSA) is 35.5 Å². The van der Waals surface area contributed by atoms with Crippen LogP contribution in [0.25, 0.3) is 0 Å². The molecule has 1 saturated heterocycles. The maximum atomic E-state index is 10.3. The molecule has 0 aromatic carbocycles. The van der Waals surface area contributed by atoms with Crippen LogP contribution in [0, 0.1) is 5.92 Å². The average Bonchev–Trinajstić information content (AvgIpc) is 3.25. The van der Waals surface area contributed by atoms with Crippen LogP contribution >= 0.6 is 0 Å². The molecule has 1 aliphatic heterocycles. The highest BCUT2D eigenvalue weighted by Gasteiger charge is 2.31. The Morgan fingerprint density at radius 3 is 2.37 bits per heavy atom. The summed E-state index contributed by atoms with van der Waals surface area (Å²) in [6.07, 6.45) is 11.5. The Hall–Kier alpha value is -0.120. The zero-order valence-electron chi connectivity index (χ0n) is 12.2. The molecule has 110 valence electrons. The fraction of sp³-hybridized carbons (Fsp3) is 1.00. The van der Waals surface area contributed by atoms with E-state index in [0.29, 0.717) is 6.04 Å². The van der Waals surface area contributed by atoms with Gasteiger partial charge in [-0.1, -0.05) is 19.3 Å². The molecule has 3 rings (SSSR count). The van der Waals surface area contributed by atoms with Gasteiger partial charge in [0.05, 0.1) is 6.10 Å². The van der Waals surface area contributed by atoms with Crippen LogP contribution < -0.4 is 5.32 Å². The van der Waals surface area contributed by atoms with Crippen LogP contribution in [-0.4, -0.2) is 47.8 Å². The van der Waals surface area contributed by atoms with E-state index in [1.54, 1.807) is 0 Å². The molecule has 19 heavy (non-hydrogen) atoms. The standard InChI is InChI=1S/C16H30N2O/c19-16-5-3-1-2-4-15(16)18-10-8-13(9-11-18)12-17-14-6-7-14/h13-17,19H,1-12H2. The molecule has 0 radical (unpaired) electrons. The van der Waals surface area contributed by atoms with E-state index in [2.05, 4.69) is 10.2 Å². The summed E-state index contributed by atoms with van der Waals surface area (Å²) in [5.74, 6) is 0.875. The van der Waals surface area contributed by atoms with Crippen molar-refractivity contribution >= 4 is 0 Å². The lowest BCUT2D eigenvalue weighted by atomic mass is 9.93. The second-order valence-electron chi connectivity index (χ2n) is 6.93. The molecule has 3 fully saturated rings. The third-order valence-electron chi connectivity index (χ3n) is 5.33. The van der Waals surface area contributed by atoms with E-state index in [9.17, 15) is 5.11 Å². The van der Waals surface area contributed by atoms with Gasteiger partial charge < -0.3 is 10.4 Å². The lowest BCUT2D eigenvalue weighted by molar-refractivity contribution is 0.0252. The van der Waals surface area contributed by atoms with Gasteiger partial charge in [0.2, 0.25) is 0 Å². The molecule has 2 aliphatic carbocycles. The van der Waals surface area contributed by atoms with E-state index in [1.165, 1.54) is 71.0 Å². The minimum absolute atomic E-state index is 0.0661. The third-order valence-corrected chi connectivity index (χ3v) is 5.33. The first-order valence-electron chi connectivity index (χ1n) is 8.48. The summed E-state index contributed by atoms with van der Waals surface area (Å²) >= 11 is 0. The van der Waals surface area contributed by atoms with Gasteiger partial charge in [-0.3, -0.25) is 4.90 Å². The molecule has 2 unspecified atom stereocenters. The van der Waals surface area contributed by atoms with E-state index in [-0.39, 0.29) is 6.10 Å². The van der Waals surface area contributed by atoms with Crippen LogP contribution in [0.1, 0.15) is 57.8 Å². The van der Waals surface area contributed by atoms with Crippen LogP contribution in [0.5, 0.6) is 0 Å². The predicted molar refractivity (Wildman–Crippen MR) is 78.2 cm³/mol. The Bertz CT molecular complexity index is 272. The quantitative estimate of drug-likeness (QED) is 0.765. The summed E-state index contributed by atoms with van der Waals surface area (Å²) in [5.41, 5.74) is 0. The van der Waals surface area contributed by atoms with Crippen molar-refractivity contribution in [1.82, 2.24) is 10.2 Å². The molecule has 0 amide bonds. The normalized spacial score (nSPS) is 35.2. The Morgan fingerprint density at radius 2 is 1.63 bits per heavy atom. The molecule has 3 heteroatoms. The smallest absolute Gasteiger partial charge is 0.0695 e. The van der Waals surface area contributed by atoms with Crippen molar-refractivity contribution in [3.8, 4) is 0 Å². The summed E-state index contributed by atoms with van der Waals surface area (Å²) in [4.78, 5) is 2.59. The van der Waals surface area contributed by atoms with Crippen LogP contribution in [0.4, 0.5) is 0 Å². The molecule has 0 spiro atoms. The van der Waals surface area contributed by atoms with Crippen molar-refractivity contribution in [1.29, 1.82) is 0 Å². The van der Waals surface area contributed by atoms with E-state index in [4.69, 9.17) is 0 Å². The lowest BCUT2D eigenvalue weighted by Gasteiger charge is -2.39. The van der Waals surface area contributed by atoms with E-state index < -0.39 is 0 Å². The summed E-state index contributed by atoms with van der Waals surface area (Å²) in [5, 5.41) is 14.0. The summed E-state index contributed by atoms with van der Waals surface area (Å²) < 4.78 is 0. The zero-order chi connectivity index (χ0) is 13.1. The zero-order valence-corrected chi connectivity index (χ0v) is 12.2. The maximum Gasteiger partial charge on any atom is 0.0695 e. The first kappa shape index (κ1) is 13.8. The first-order valence-corrected chi connectivity index (χ1v) is 8.48. The first-order chi connectivity index (χ1) is 9.33. The highest BCUT2D eigenvalue weighted by Crippen LogP contribution is 2.27. The molecule has 2 saturated carbocycles. The van der Waals surface area contributed by atoms with Crippen molar-refractivity contribution in [3.05, 3.63) is 0 Å². The van der Waals surface area contributed by atoms with Crippen LogP contribution in [-0.2, 0) is 0 Å². The second-order valence-corrected chi connectivity index (χ2v) is 6.93. The highest BCUT2D eigenvalue weighted by molar-refractivity contribution is 4.87. The Labute approximate surface area is 117 Å². The number of nitrogens with zero attached hydrogens (tertiary/aromatic N) is 1. The number of likely N-dealkylation sites (tertiary alicyclic amines) is 1. The molecule has 0 aromatic heterocycles. The van der Waals surface area contributed by atoms with E-state index in [1.807, 2.05) is 0 Å². The Balaban J connectivity index is 1.42. The van der Waals surface area contributed by atoms with Crippen molar-refractivity contribution in [3.63, 3.8) is 0 Å². The average molecular weight is 266 g/mol. The molecule has 0 bridgehead atoms. The van der Waals surface area contributed by atoms with Crippen molar-refractivity contribution < 1.29 is 5.11 Å². The SMILES string of the molecule is OC1CCCCCC1N1CCC(CNC2CC2)CC1. The predicted octanol–water partition coefficient (Wildman–Crippen LogP) is 2.14. The molecular weight excluding hydrogens is 236 g/mol.